The second-order valence-electron chi connectivity index (χ2n) is 8.00. The van der Waals surface area contributed by atoms with Gasteiger partial charge in [0.25, 0.3) is 0 Å². The lowest BCUT2D eigenvalue weighted by Gasteiger charge is -2.35. The van der Waals surface area contributed by atoms with Crippen LogP contribution in [-0.4, -0.2) is 52.7 Å². The lowest BCUT2D eigenvalue weighted by Crippen LogP contribution is -2.50. The van der Waals surface area contributed by atoms with E-state index in [2.05, 4.69) is 20.5 Å². The third-order valence-corrected chi connectivity index (χ3v) is 5.86. The second-order valence-corrected chi connectivity index (χ2v) is 8.00. The quantitative estimate of drug-likeness (QED) is 0.633. The maximum absolute atomic E-state index is 13.1. The van der Waals surface area contributed by atoms with E-state index in [9.17, 15) is 14.4 Å². The SMILES string of the molecule is CC(=O)c1c(C)[nH]c(C(=O)C(C)N2CCC(NC(=O)Nc3ccccc3)CC2)c1C. The maximum Gasteiger partial charge on any atom is 0.319 e. The molecule has 0 spiro atoms. The molecule has 2 amide bonds. The number of nitrogens with zero attached hydrogens (tertiary/aromatic N) is 1. The zero-order valence-electron chi connectivity index (χ0n) is 18.0. The molecule has 30 heavy (non-hydrogen) atoms. The predicted molar refractivity (Wildman–Crippen MR) is 117 cm³/mol. The van der Waals surface area contributed by atoms with Gasteiger partial charge in [-0.25, -0.2) is 4.79 Å². The minimum atomic E-state index is -0.291. The number of anilines is 1. The number of aryl methyl sites for hydroxylation is 1. The highest BCUT2D eigenvalue weighted by Gasteiger charge is 2.30. The molecule has 1 saturated heterocycles. The molecular formula is C23H30N4O3. The third kappa shape index (κ3) is 4.79. The smallest absolute Gasteiger partial charge is 0.319 e. The third-order valence-electron chi connectivity index (χ3n) is 5.86. The summed E-state index contributed by atoms with van der Waals surface area (Å²) in [6.45, 7) is 8.52. The van der Waals surface area contributed by atoms with E-state index in [1.165, 1.54) is 6.92 Å². The van der Waals surface area contributed by atoms with Gasteiger partial charge in [-0.15, -0.1) is 0 Å². The first-order valence-corrected chi connectivity index (χ1v) is 10.4. The van der Waals surface area contributed by atoms with E-state index in [1.54, 1.807) is 0 Å². The van der Waals surface area contributed by atoms with Gasteiger partial charge in [0.1, 0.15) is 0 Å². The molecule has 1 aromatic carbocycles. The van der Waals surface area contributed by atoms with Crippen LogP contribution in [0, 0.1) is 13.8 Å². The summed E-state index contributed by atoms with van der Waals surface area (Å²) in [5.74, 6) is -0.0371. The number of carbonyl (C=O) groups is 3. The van der Waals surface area contributed by atoms with Gasteiger partial charge in [-0.1, -0.05) is 18.2 Å². The molecule has 1 unspecified atom stereocenters. The second kappa shape index (κ2) is 9.26. The molecule has 0 bridgehead atoms. The number of benzene rings is 1. The summed E-state index contributed by atoms with van der Waals surface area (Å²) < 4.78 is 0. The van der Waals surface area contributed by atoms with Crippen LogP contribution >= 0.6 is 0 Å². The molecule has 2 aromatic rings. The van der Waals surface area contributed by atoms with Gasteiger partial charge in [0.15, 0.2) is 11.6 Å². The van der Waals surface area contributed by atoms with E-state index >= 15 is 0 Å². The van der Waals surface area contributed by atoms with Crippen molar-refractivity contribution in [2.24, 2.45) is 0 Å². The molecule has 1 aliphatic heterocycles. The number of aromatic amines is 1. The Kier molecular flexibility index (Phi) is 6.72. The van der Waals surface area contributed by atoms with Crippen molar-refractivity contribution >= 4 is 23.3 Å². The normalized spacial score (nSPS) is 16.1. The highest BCUT2D eigenvalue weighted by molar-refractivity contribution is 6.05. The molecular weight excluding hydrogens is 380 g/mol. The first kappa shape index (κ1) is 21.8. The Bertz CT molecular complexity index is 927. The number of para-hydroxylation sites is 1. The standard InChI is InChI=1S/C23H30N4O3/c1-14-20(17(4)28)15(2)24-21(14)22(29)16(3)27-12-10-19(11-13-27)26-23(30)25-18-8-6-5-7-9-18/h5-9,16,19,24H,10-13H2,1-4H3,(H2,25,26,30). The topological polar surface area (TPSA) is 94.3 Å². The largest absolute Gasteiger partial charge is 0.355 e. The minimum Gasteiger partial charge on any atom is -0.355 e. The molecule has 1 fully saturated rings. The number of aromatic nitrogens is 1. The molecule has 3 rings (SSSR count). The number of urea groups is 1. The summed E-state index contributed by atoms with van der Waals surface area (Å²) in [5, 5.41) is 5.85. The van der Waals surface area contributed by atoms with Crippen LogP contribution in [0.1, 0.15) is 58.8 Å². The number of rotatable bonds is 6. The van der Waals surface area contributed by atoms with Crippen molar-refractivity contribution in [1.82, 2.24) is 15.2 Å². The zero-order valence-corrected chi connectivity index (χ0v) is 18.0. The van der Waals surface area contributed by atoms with E-state index in [4.69, 9.17) is 0 Å². The Morgan fingerprint density at radius 1 is 1.10 bits per heavy atom. The van der Waals surface area contributed by atoms with Crippen molar-refractivity contribution in [2.75, 3.05) is 18.4 Å². The Balaban J connectivity index is 1.54. The van der Waals surface area contributed by atoms with Gasteiger partial charge >= 0.3 is 6.03 Å². The Labute approximate surface area is 177 Å². The number of carbonyl (C=O) groups excluding carboxylic acids is 3. The van der Waals surface area contributed by atoms with Gasteiger partial charge < -0.3 is 15.6 Å². The average molecular weight is 411 g/mol. The molecule has 160 valence electrons. The fourth-order valence-corrected chi connectivity index (χ4v) is 4.20. The number of nitrogens with one attached hydrogen (secondary N) is 3. The summed E-state index contributed by atoms with van der Waals surface area (Å²) in [6.07, 6.45) is 1.56. The Morgan fingerprint density at radius 2 is 1.73 bits per heavy atom. The Morgan fingerprint density at radius 3 is 2.30 bits per heavy atom. The first-order valence-electron chi connectivity index (χ1n) is 10.4. The van der Waals surface area contributed by atoms with E-state index < -0.39 is 0 Å². The van der Waals surface area contributed by atoms with Crippen LogP contribution in [0.2, 0.25) is 0 Å². The molecule has 3 N–H and O–H groups in total. The van der Waals surface area contributed by atoms with E-state index in [1.807, 2.05) is 51.1 Å². The highest BCUT2D eigenvalue weighted by atomic mass is 16.2. The van der Waals surface area contributed by atoms with E-state index in [0.29, 0.717) is 11.3 Å². The fourth-order valence-electron chi connectivity index (χ4n) is 4.20. The van der Waals surface area contributed by atoms with Crippen molar-refractivity contribution in [3.05, 3.63) is 52.8 Å². The van der Waals surface area contributed by atoms with Crippen LogP contribution in [0.3, 0.4) is 0 Å². The number of ketones is 2. The zero-order chi connectivity index (χ0) is 21.8. The number of piperidine rings is 1. The van der Waals surface area contributed by atoms with Crippen molar-refractivity contribution in [1.29, 1.82) is 0 Å². The van der Waals surface area contributed by atoms with Gasteiger partial charge in [0.2, 0.25) is 0 Å². The lowest BCUT2D eigenvalue weighted by molar-refractivity contribution is 0.0785. The number of hydrogen-bond acceptors (Lipinski definition) is 4. The Hall–Kier alpha value is -2.93. The molecule has 0 radical (unpaired) electrons. The average Bonchev–Trinajstić information content (AvgIpc) is 3.02. The summed E-state index contributed by atoms with van der Waals surface area (Å²) in [4.78, 5) is 42.3. The van der Waals surface area contributed by atoms with Gasteiger partial charge in [0, 0.05) is 36.1 Å². The first-order chi connectivity index (χ1) is 14.3. The van der Waals surface area contributed by atoms with E-state index in [0.717, 1.165) is 42.9 Å². The van der Waals surface area contributed by atoms with Crippen LogP contribution in [-0.2, 0) is 0 Å². The lowest BCUT2D eigenvalue weighted by atomic mass is 9.99. The maximum atomic E-state index is 13.1. The predicted octanol–water partition coefficient (Wildman–Crippen LogP) is 3.69. The van der Waals surface area contributed by atoms with Crippen LogP contribution in [0.25, 0.3) is 0 Å². The number of hydrogen-bond donors (Lipinski definition) is 3. The monoisotopic (exact) mass is 410 g/mol. The van der Waals surface area contributed by atoms with Gasteiger partial charge in [-0.3, -0.25) is 14.5 Å². The van der Waals surface area contributed by atoms with Crippen molar-refractivity contribution in [2.45, 2.75) is 52.6 Å². The van der Waals surface area contributed by atoms with Crippen molar-refractivity contribution in [3.8, 4) is 0 Å². The molecule has 2 heterocycles. The summed E-state index contributed by atoms with van der Waals surface area (Å²) in [5.41, 5.74) is 3.35. The molecule has 1 aromatic heterocycles. The number of Topliss-reactive ketones (excluding diaryl/α,β-unsaturated/α-hetero) is 2. The van der Waals surface area contributed by atoms with Crippen molar-refractivity contribution < 1.29 is 14.4 Å². The summed E-state index contributed by atoms with van der Waals surface area (Å²) in [6, 6.07) is 8.91. The number of amides is 2. The molecule has 7 heteroatoms. The minimum absolute atomic E-state index is 0.00340. The van der Waals surface area contributed by atoms with Gasteiger partial charge in [0.05, 0.1) is 11.7 Å². The fraction of sp³-hybridized carbons (Fsp3) is 0.435. The van der Waals surface area contributed by atoms with Gasteiger partial charge in [-0.05, 0) is 58.2 Å². The van der Waals surface area contributed by atoms with E-state index in [-0.39, 0.29) is 29.7 Å². The van der Waals surface area contributed by atoms with Gasteiger partial charge in [-0.2, -0.15) is 0 Å². The van der Waals surface area contributed by atoms with Crippen LogP contribution in [0.4, 0.5) is 10.5 Å². The van der Waals surface area contributed by atoms with Crippen LogP contribution in [0.15, 0.2) is 30.3 Å². The molecule has 7 nitrogen and oxygen atoms in total. The molecule has 1 atom stereocenters. The van der Waals surface area contributed by atoms with Crippen molar-refractivity contribution in [3.63, 3.8) is 0 Å². The molecule has 0 aliphatic carbocycles. The highest BCUT2D eigenvalue weighted by Crippen LogP contribution is 2.22. The summed E-state index contributed by atoms with van der Waals surface area (Å²) in [7, 11) is 0. The summed E-state index contributed by atoms with van der Waals surface area (Å²) >= 11 is 0. The van der Waals surface area contributed by atoms with Crippen LogP contribution in [0.5, 0.6) is 0 Å². The number of H-pyrrole nitrogens is 1. The number of likely N-dealkylation sites (tertiary alicyclic amines) is 1. The molecule has 0 saturated carbocycles. The molecule has 1 aliphatic rings. The van der Waals surface area contributed by atoms with Crippen LogP contribution < -0.4 is 10.6 Å².